The minimum atomic E-state index is -0.0803. The van der Waals surface area contributed by atoms with Crippen LogP contribution in [0.3, 0.4) is 0 Å². The van der Waals surface area contributed by atoms with Crippen LogP contribution in [0.2, 0.25) is 0 Å². The van der Waals surface area contributed by atoms with E-state index >= 15 is 0 Å². The fraction of sp³-hybridized carbons (Fsp3) is 0.455. The Hall–Kier alpha value is -0.860. The molecule has 2 heteroatoms. The van der Waals surface area contributed by atoms with Gasteiger partial charge in [0.15, 0.2) is 0 Å². The zero-order valence-electron chi connectivity index (χ0n) is 7.67. The molecule has 0 radical (unpaired) electrons. The Morgan fingerprint density at radius 1 is 1.31 bits per heavy atom. The summed E-state index contributed by atoms with van der Waals surface area (Å²) < 4.78 is 11.0. The van der Waals surface area contributed by atoms with Crippen molar-refractivity contribution in [3.63, 3.8) is 0 Å². The van der Waals surface area contributed by atoms with Crippen molar-refractivity contribution in [3.05, 3.63) is 34.9 Å². The molecule has 0 bridgehead atoms. The number of hydrogen-bond acceptors (Lipinski definition) is 2. The van der Waals surface area contributed by atoms with Crippen LogP contribution in [0.15, 0.2) is 18.2 Å². The van der Waals surface area contributed by atoms with Gasteiger partial charge in [0, 0.05) is 0 Å². The summed E-state index contributed by atoms with van der Waals surface area (Å²) in [5, 5.41) is 0. The third-order valence-electron chi connectivity index (χ3n) is 2.93. The van der Waals surface area contributed by atoms with E-state index in [2.05, 4.69) is 25.1 Å². The molecule has 0 aromatic heterocycles. The largest absolute Gasteiger partial charge is 0.375 e. The second-order valence-corrected chi connectivity index (χ2v) is 3.94. The molecule has 1 spiro atoms. The van der Waals surface area contributed by atoms with Gasteiger partial charge in [0.25, 0.3) is 0 Å². The number of benzene rings is 1. The average molecular weight is 176 g/mol. The van der Waals surface area contributed by atoms with Gasteiger partial charge in [-0.1, -0.05) is 23.8 Å². The predicted molar refractivity (Wildman–Crippen MR) is 48.5 cm³/mol. The third kappa shape index (κ3) is 0.901. The van der Waals surface area contributed by atoms with Crippen LogP contribution in [0.1, 0.15) is 16.7 Å². The molecule has 1 saturated heterocycles. The van der Waals surface area contributed by atoms with Gasteiger partial charge in [0.2, 0.25) is 0 Å². The van der Waals surface area contributed by atoms with Crippen LogP contribution in [0.25, 0.3) is 0 Å². The molecule has 0 atom stereocenters. The molecular formula is C11H12O2. The van der Waals surface area contributed by atoms with Crippen molar-refractivity contribution in [2.24, 2.45) is 0 Å². The maximum atomic E-state index is 5.78. The van der Waals surface area contributed by atoms with Gasteiger partial charge in [-0.25, -0.2) is 0 Å². The Morgan fingerprint density at radius 3 is 2.85 bits per heavy atom. The van der Waals surface area contributed by atoms with E-state index in [-0.39, 0.29) is 5.60 Å². The highest BCUT2D eigenvalue weighted by atomic mass is 16.6. The zero-order valence-corrected chi connectivity index (χ0v) is 7.67. The maximum Gasteiger partial charge on any atom is 0.140 e. The van der Waals surface area contributed by atoms with Crippen molar-refractivity contribution in [1.82, 2.24) is 0 Å². The van der Waals surface area contributed by atoms with E-state index in [9.17, 15) is 0 Å². The lowest BCUT2D eigenvalue weighted by Crippen LogP contribution is -2.46. The predicted octanol–water partition coefficient (Wildman–Crippen LogP) is 1.75. The first-order valence-electron chi connectivity index (χ1n) is 4.62. The maximum absolute atomic E-state index is 5.78. The molecular weight excluding hydrogens is 164 g/mol. The number of rotatable bonds is 0. The minimum Gasteiger partial charge on any atom is -0.375 e. The molecule has 1 fully saturated rings. The fourth-order valence-corrected chi connectivity index (χ4v) is 2.11. The van der Waals surface area contributed by atoms with E-state index in [1.807, 2.05) is 0 Å². The van der Waals surface area contributed by atoms with Crippen molar-refractivity contribution >= 4 is 0 Å². The molecule has 1 aromatic carbocycles. The van der Waals surface area contributed by atoms with Crippen LogP contribution in [0.5, 0.6) is 0 Å². The summed E-state index contributed by atoms with van der Waals surface area (Å²) in [7, 11) is 0. The Labute approximate surface area is 77.5 Å². The molecule has 2 aliphatic heterocycles. The lowest BCUT2D eigenvalue weighted by atomic mass is 9.90. The molecule has 0 aliphatic carbocycles. The van der Waals surface area contributed by atoms with Crippen LogP contribution in [0.4, 0.5) is 0 Å². The van der Waals surface area contributed by atoms with Crippen LogP contribution < -0.4 is 0 Å². The Kier molecular flexibility index (Phi) is 1.35. The Morgan fingerprint density at radius 2 is 2.15 bits per heavy atom. The Balaban J connectivity index is 2.11. The highest BCUT2D eigenvalue weighted by Crippen LogP contribution is 2.41. The minimum absolute atomic E-state index is 0.0803. The van der Waals surface area contributed by atoms with E-state index in [1.54, 1.807) is 0 Å². The van der Waals surface area contributed by atoms with Crippen molar-refractivity contribution in [1.29, 1.82) is 0 Å². The second-order valence-electron chi connectivity index (χ2n) is 3.94. The molecule has 0 saturated carbocycles. The lowest BCUT2D eigenvalue weighted by molar-refractivity contribution is -0.209. The average Bonchev–Trinajstić information content (AvgIpc) is 2.41. The quantitative estimate of drug-likeness (QED) is 0.599. The van der Waals surface area contributed by atoms with Gasteiger partial charge in [-0.15, -0.1) is 0 Å². The van der Waals surface area contributed by atoms with Crippen molar-refractivity contribution in [2.45, 2.75) is 19.1 Å². The smallest absolute Gasteiger partial charge is 0.140 e. The van der Waals surface area contributed by atoms with Gasteiger partial charge < -0.3 is 9.47 Å². The molecule has 0 amide bonds. The summed E-state index contributed by atoms with van der Waals surface area (Å²) in [5.41, 5.74) is 3.90. The van der Waals surface area contributed by atoms with Gasteiger partial charge in [0.1, 0.15) is 5.60 Å². The molecule has 0 N–H and O–H groups in total. The summed E-state index contributed by atoms with van der Waals surface area (Å²) in [5.74, 6) is 0. The number of aryl methyl sites for hydroxylation is 1. The molecule has 2 heterocycles. The molecule has 68 valence electrons. The molecule has 13 heavy (non-hydrogen) atoms. The van der Waals surface area contributed by atoms with E-state index in [0.717, 1.165) is 19.8 Å². The van der Waals surface area contributed by atoms with Crippen LogP contribution >= 0.6 is 0 Å². The van der Waals surface area contributed by atoms with Crippen LogP contribution in [-0.4, -0.2) is 13.2 Å². The highest BCUT2D eigenvalue weighted by molar-refractivity contribution is 5.39. The van der Waals surface area contributed by atoms with Crippen LogP contribution in [0, 0.1) is 6.92 Å². The number of fused-ring (bicyclic) bond motifs is 2. The summed E-state index contributed by atoms with van der Waals surface area (Å²) >= 11 is 0. The normalized spacial score (nSPS) is 22.8. The first-order valence-corrected chi connectivity index (χ1v) is 4.62. The van der Waals surface area contributed by atoms with E-state index < -0.39 is 0 Å². The first-order chi connectivity index (χ1) is 6.30. The monoisotopic (exact) mass is 176 g/mol. The van der Waals surface area contributed by atoms with Gasteiger partial charge in [-0.05, 0) is 18.1 Å². The third-order valence-corrected chi connectivity index (χ3v) is 2.93. The molecule has 0 unspecified atom stereocenters. The van der Waals surface area contributed by atoms with Crippen molar-refractivity contribution < 1.29 is 9.47 Å². The van der Waals surface area contributed by atoms with Crippen molar-refractivity contribution in [2.75, 3.05) is 13.2 Å². The topological polar surface area (TPSA) is 18.5 Å². The SMILES string of the molecule is Cc1ccc2c(c1)COC21COC1. The molecule has 2 nitrogen and oxygen atoms in total. The summed E-state index contributed by atoms with van der Waals surface area (Å²) in [6.45, 7) is 4.31. The van der Waals surface area contributed by atoms with E-state index in [1.165, 1.54) is 16.7 Å². The molecule has 2 aliphatic rings. The molecule has 3 rings (SSSR count). The molecule has 1 aromatic rings. The highest BCUT2D eigenvalue weighted by Gasteiger charge is 2.46. The number of ether oxygens (including phenoxy) is 2. The number of hydrogen-bond donors (Lipinski definition) is 0. The van der Waals surface area contributed by atoms with E-state index in [0.29, 0.717) is 0 Å². The Bertz CT molecular complexity index is 353. The van der Waals surface area contributed by atoms with Crippen LogP contribution in [-0.2, 0) is 21.7 Å². The van der Waals surface area contributed by atoms with Gasteiger partial charge >= 0.3 is 0 Å². The van der Waals surface area contributed by atoms with E-state index in [4.69, 9.17) is 9.47 Å². The zero-order chi connectivity index (χ0) is 8.89. The fourth-order valence-electron chi connectivity index (χ4n) is 2.11. The lowest BCUT2D eigenvalue weighted by Gasteiger charge is -2.37. The van der Waals surface area contributed by atoms with Crippen molar-refractivity contribution in [3.8, 4) is 0 Å². The second kappa shape index (κ2) is 2.34. The standard InChI is InChI=1S/C11H12O2/c1-8-2-3-10-9(4-8)5-13-11(10)6-12-7-11/h2-4H,5-7H2,1H3. The summed E-state index contributed by atoms with van der Waals surface area (Å²) in [6, 6.07) is 6.54. The summed E-state index contributed by atoms with van der Waals surface area (Å²) in [6.07, 6.45) is 0. The van der Waals surface area contributed by atoms with Gasteiger partial charge in [-0.3, -0.25) is 0 Å². The van der Waals surface area contributed by atoms with Gasteiger partial charge in [-0.2, -0.15) is 0 Å². The summed E-state index contributed by atoms with van der Waals surface area (Å²) in [4.78, 5) is 0. The van der Waals surface area contributed by atoms with Gasteiger partial charge in [0.05, 0.1) is 19.8 Å². The first kappa shape index (κ1) is 7.54.